The largest absolute Gasteiger partial charge is 0.497 e. The molecule has 0 spiro atoms. The number of nitrogens with zero attached hydrogens (tertiary/aromatic N) is 3. The Morgan fingerprint density at radius 3 is 2.57 bits per heavy atom. The maximum absolute atomic E-state index is 11.5. The third-order valence-electron chi connectivity index (χ3n) is 4.71. The Kier molecular flexibility index (Phi) is 8.37. The second-order valence-corrected chi connectivity index (χ2v) is 9.07. The van der Waals surface area contributed by atoms with Crippen LogP contribution in [0.3, 0.4) is 0 Å². The van der Waals surface area contributed by atoms with Crippen LogP contribution in [0.2, 0.25) is 0 Å². The fourth-order valence-electron chi connectivity index (χ4n) is 3.05. The molecule has 0 bridgehead atoms. The minimum Gasteiger partial charge on any atom is -0.497 e. The summed E-state index contributed by atoms with van der Waals surface area (Å²) >= 11 is 0. The van der Waals surface area contributed by atoms with Crippen molar-refractivity contribution in [2.45, 2.75) is 13.5 Å². The Hall–Kier alpha value is -2.00. The Labute approximate surface area is 168 Å². The van der Waals surface area contributed by atoms with E-state index in [4.69, 9.17) is 14.5 Å². The normalized spacial score (nSPS) is 17.2. The molecule has 1 heterocycles. The van der Waals surface area contributed by atoms with Crippen molar-refractivity contribution in [2.75, 3.05) is 65.5 Å². The number of rotatable bonds is 8. The summed E-state index contributed by atoms with van der Waals surface area (Å²) in [5.41, 5.74) is 1.04. The van der Waals surface area contributed by atoms with Crippen molar-refractivity contribution in [1.82, 2.24) is 15.1 Å². The van der Waals surface area contributed by atoms with Crippen LogP contribution in [0, 0.1) is 0 Å². The highest BCUT2D eigenvalue weighted by atomic mass is 32.2. The molecule has 1 saturated heterocycles. The number of hydrogen-bond donors (Lipinski definition) is 1. The van der Waals surface area contributed by atoms with Crippen LogP contribution in [0.15, 0.2) is 23.2 Å². The van der Waals surface area contributed by atoms with E-state index in [9.17, 15) is 8.42 Å². The number of guanidine groups is 1. The van der Waals surface area contributed by atoms with Crippen molar-refractivity contribution in [3.05, 3.63) is 23.8 Å². The van der Waals surface area contributed by atoms with Gasteiger partial charge in [-0.1, -0.05) is 0 Å². The van der Waals surface area contributed by atoms with Crippen LogP contribution < -0.4 is 14.8 Å². The second kappa shape index (κ2) is 10.5. The maximum Gasteiger partial charge on any atom is 0.194 e. The molecule has 0 amide bonds. The average Bonchev–Trinajstić information content (AvgIpc) is 2.68. The molecule has 1 fully saturated rings. The Morgan fingerprint density at radius 2 is 1.96 bits per heavy atom. The average molecular weight is 413 g/mol. The molecule has 0 saturated carbocycles. The van der Waals surface area contributed by atoms with Crippen LogP contribution >= 0.6 is 0 Å². The topological polar surface area (TPSA) is 83.5 Å². The molecule has 158 valence electrons. The summed E-state index contributed by atoms with van der Waals surface area (Å²) in [7, 11) is 2.42. The zero-order valence-electron chi connectivity index (χ0n) is 17.3. The van der Waals surface area contributed by atoms with Crippen molar-refractivity contribution in [2.24, 2.45) is 4.99 Å². The maximum atomic E-state index is 11.5. The molecule has 28 heavy (non-hydrogen) atoms. The molecular formula is C19H32N4O4S. The quantitative estimate of drug-likeness (QED) is 0.500. The standard InChI is InChI=1S/C19H32N4O4S/c1-5-20-19(21-8-9-23-10-12-28(24,25)13-11-23)22(2)15-16-6-7-17(26-3)14-18(16)27-4/h6-7,14H,5,8-13,15H2,1-4H3,(H,20,21). The number of hydrogen-bond acceptors (Lipinski definition) is 6. The van der Waals surface area contributed by atoms with Gasteiger partial charge in [-0.3, -0.25) is 9.89 Å². The van der Waals surface area contributed by atoms with Gasteiger partial charge in [0.15, 0.2) is 15.8 Å². The number of aliphatic imine (C=N–C) groups is 1. The molecule has 0 radical (unpaired) electrons. The van der Waals surface area contributed by atoms with Gasteiger partial charge in [0, 0.05) is 51.4 Å². The van der Waals surface area contributed by atoms with Crippen LogP contribution in [0.25, 0.3) is 0 Å². The summed E-state index contributed by atoms with van der Waals surface area (Å²) in [5, 5.41) is 3.31. The first-order chi connectivity index (χ1) is 13.4. The minimum atomic E-state index is -2.84. The zero-order chi connectivity index (χ0) is 20.6. The van der Waals surface area contributed by atoms with Crippen molar-refractivity contribution >= 4 is 15.8 Å². The molecule has 0 unspecified atom stereocenters. The lowest BCUT2D eigenvalue weighted by molar-refractivity contribution is 0.303. The molecule has 1 aliphatic rings. The van der Waals surface area contributed by atoms with E-state index in [1.54, 1.807) is 14.2 Å². The van der Waals surface area contributed by atoms with E-state index in [0.717, 1.165) is 36.1 Å². The molecule has 1 N–H and O–H groups in total. The van der Waals surface area contributed by atoms with E-state index in [2.05, 4.69) is 15.1 Å². The predicted molar refractivity (Wildman–Crippen MR) is 112 cm³/mol. The Morgan fingerprint density at radius 1 is 1.25 bits per heavy atom. The molecule has 2 rings (SSSR count). The highest BCUT2D eigenvalue weighted by molar-refractivity contribution is 7.91. The summed E-state index contributed by atoms with van der Waals surface area (Å²) in [4.78, 5) is 8.91. The van der Waals surface area contributed by atoms with Gasteiger partial charge >= 0.3 is 0 Å². The van der Waals surface area contributed by atoms with Gasteiger partial charge in [0.2, 0.25) is 0 Å². The molecular weight excluding hydrogens is 380 g/mol. The van der Waals surface area contributed by atoms with Crippen LogP contribution in [-0.4, -0.2) is 89.7 Å². The predicted octanol–water partition coefficient (Wildman–Crippen LogP) is 0.832. The van der Waals surface area contributed by atoms with E-state index in [-0.39, 0.29) is 11.5 Å². The first-order valence-corrected chi connectivity index (χ1v) is 11.3. The first kappa shape index (κ1) is 22.3. The van der Waals surface area contributed by atoms with Crippen molar-refractivity contribution in [3.8, 4) is 11.5 Å². The van der Waals surface area contributed by atoms with Crippen molar-refractivity contribution in [1.29, 1.82) is 0 Å². The second-order valence-electron chi connectivity index (χ2n) is 6.76. The molecule has 1 aromatic rings. The summed E-state index contributed by atoms with van der Waals surface area (Å²) in [5.74, 6) is 2.83. The number of nitrogens with one attached hydrogen (secondary N) is 1. The molecule has 8 nitrogen and oxygen atoms in total. The molecule has 1 aliphatic heterocycles. The van der Waals surface area contributed by atoms with Crippen molar-refractivity contribution in [3.63, 3.8) is 0 Å². The first-order valence-electron chi connectivity index (χ1n) is 9.51. The zero-order valence-corrected chi connectivity index (χ0v) is 18.1. The van der Waals surface area contributed by atoms with E-state index in [1.165, 1.54) is 0 Å². The smallest absolute Gasteiger partial charge is 0.194 e. The lowest BCUT2D eigenvalue weighted by Gasteiger charge is -2.26. The van der Waals surface area contributed by atoms with Crippen LogP contribution in [0.5, 0.6) is 11.5 Å². The summed E-state index contributed by atoms with van der Waals surface area (Å²) < 4.78 is 33.8. The van der Waals surface area contributed by atoms with Gasteiger partial charge in [0.05, 0.1) is 32.3 Å². The molecule has 0 aromatic heterocycles. The van der Waals surface area contributed by atoms with Crippen LogP contribution in [-0.2, 0) is 16.4 Å². The Balaban J connectivity index is 1.97. The van der Waals surface area contributed by atoms with Crippen LogP contribution in [0.4, 0.5) is 0 Å². The molecule has 1 aromatic carbocycles. The summed E-state index contributed by atoms with van der Waals surface area (Å²) in [6.07, 6.45) is 0. The van der Waals surface area contributed by atoms with Gasteiger partial charge in [0.25, 0.3) is 0 Å². The van der Waals surface area contributed by atoms with E-state index in [0.29, 0.717) is 26.2 Å². The fraction of sp³-hybridized carbons (Fsp3) is 0.632. The minimum absolute atomic E-state index is 0.244. The lowest BCUT2D eigenvalue weighted by atomic mass is 10.2. The molecule has 0 aliphatic carbocycles. The number of sulfone groups is 1. The van der Waals surface area contributed by atoms with Gasteiger partial charge in [0.1, 0.15) is 11.5 Å². The third-order valence-corrected chi connectivity index (χ3v) is 6.32. The van der Waals surface area contributed by atoms with Gasteiger partial charge in [-0.05, 0) is 19.1 Å². The molecule has 0 atom stereocenters. The van der Waals surface area contributed by atoms with Crippen molar-refractivity contribution < 1.29 is 17.9 Å². The van der Waals surface area contributed by atoms with Gasteiger partial charge in [-0.2, -0.15) is 0 Å². The van der Waals surface area contributed by atoms with E-state index >= 15 is 0 Å². The van der Waals surface area contributed by atoms with Gasteiger partial charge < -0.3 is 19.7 Å². The summed E-state index contributed by atoms with van der Waals surface area (Å²) in [6, 6.07) is 5.78. The van der Waals surface area contributed by atoms with Crippen LogP contribution in [0.1, 0.15) is 12.5 Å². The monoisotopic (exact) mass is 412 g/mol. The Bertz CT molecular complexity index is 753. The summed E-state index contributed by atoms with van der Waals surface area (Å²) in [6.45, 7) is 6.00. The fourth-order valence-corrected chi connectivity index (χ4v) is 4.33. The van der Waals surface area contributed by atoms with E-state index in [1.807, 2.05) is 32.2 Å². The molecule has 9 heteroatoms. The lowest BCUT2D eigenvalue weighted by Crippen LogP contribution is -2.42. The highest BCUT2D eigenvalue weighted by Crippen LogP contribution is 2.25. The third kappa shape index (κ3) is 6.56. The van der Waals surface area contributed by atoms with E-state index < -0.39 is 9.84 Å². The number of methoxy groups -OCH3 is 2. The SMILES string of the molecule is CCNC(=NCCN1CCS(=O)(=O)CC1)N(C)Cc1ccc(OC)cc1OC. The van der Waals surface area contributed by atoms with Gasteiger partial charge in [-0.25, -0.2) is 8.42 Å². The van der Waals surface area contributed by atoms with Gasteiger partial charge in [-0.15, -0.1) is 0 Å². The highest BCUT2D eigenvalue weighted by Gasteiger charge is 2.21. The number of benzene rings is 1. The number of ether oxygens (including phenoxy) is 2.